The van der Waals surface area contributed by atoms with Crippen molar-refractivity contribution < 1.29 is 9.47 Å². The Kier molecular flexibility index (Phi) is 4.28. The zero-order valence-electron chi connectivity index (χ0n) is 16.9. The second-order valence-corrected chi connectivity index (χ2v) is 8.38. The highest BCUT2D eigenvalue weighted by Crippen LogP contribution is 2.51. The minimum atomic E-state index is -0.266. The molecule has 0 saturated carbocycles. The molecule has 2 aliphatic rings. The molecule has 4 heterocycles. The van der Waals surface area contributed by atoms with Crippen LogP contribution in [0, 0.1) is 0 Å². The Balaban J connectivity index is 1.56. The highest BCUT2D eigenvalue weighted by molar-refractivity contribution is 7.10. The van der Waals surface area contributed by atoms with Crippen LogP contribution < -0.4 is 14.8 Å². The first-order valence-corrected chi connectivity index (χ1v) is 11.1. The van der Waals surface area contributed by atoms with Crippen LogP contribution in [0.1, 0.15) is 35.1 Å². The summed E-state index contributed by atoms with van der Waals surface area (Å²) in [5.41, 5.74) is 4.27. The lowest BCUT2D eigenvalue weighted by molar-refractivity contribution is 0.223. The van der Waals surface area contributed by atoms with Crippen LogP contribution in [0.4, 0.5) is 5.95 Å². The lowest BCUT2D eigenvalue weighted by atomic mass is 9.87. The highest BCUT2D eigenvalue weighted by Gasteiger charge is 2.41. The van der Waals surface area contributed by atoms with Crippen molar-refractivity contribution in [3.8, 4) is 11.5 Å². The van der Waals surface area contributed by atoms with Crippen molar-refractivity contribution in [1.29, 1.82) is 0 Å². The first-order valence-electron chi connectivity index (χ1n) is 10.3. The van der Waals surface area contributed by atoms with E-state index in [1.807, 2.05) is 41.9 Å². The van der Waals surface area contributed by atoms with Crippen molar-refractivity contribution in [2.75, 3.05) is 11.9 Å². The monoisotopic (exact) mass is 428 g/mol. The van der Waals surface area contributed by atoms with Gasteiger partial charge in [0.1, 0.15) is 30.0 Å². The Morgan fingerprint density at radius 1 is 1.10 bits per heavy atom. The maximum atomic E-state index is 6.61. The van der Waals surface area contributed by atoms with E-state index in [1.54, 1.807) is 17.7 Å². The van der Waals surface area contributed by atoms with Gasteiger partial charge in [0.05, 0.1) is 12.3 Å². The SMILES string of the molecule is CCOc1ccc([C@@H]2Oc3ccccc3C3=C2[C@@H](c2cccs2)n2ncnc2N3)cc1. The van der Waals surface area contributed by atoms with E-state index in [-0.39, 0.29) is 12.1 Å². The summed E-state index contributed by atoms with van der Waals surface area (Å²) in [6.45, 7) is 2.63. The number of nitrogens with one attached hydrogen (secondary N) is 1. The molecule has 0 spiro atoms. The van der Waals surface area contributed by atoms with Gasteiger partial charge in [-0.25, -0.2) is 4.68 Å². The number of benzene rings is 2. The summed E-state index contributed by atoms with van der Waals surface area (Å²) in [6, 6.07) is 20.4. The molecule has 31 heavy (non-hydrogen) atoms. The summed E-state index contributed by atoms with van der Waals surface area (Å²) in [4.78, 5) is 5.66. The Labute approximate surface area is 183 Å². The van der Waals surface area contributed by atoms with Gasteiger partial charge in [-0.2, -0.15) is 10.1 Å². The summed E-state index contributed by atoms with van der Waals surface area (Å²) in [5.74, 6) is 2.44. The first-order chi connectivity index (χ1) is 15.3. The molecular formula is C24H20N4O2S. The molecule has 2 atom stereocenters. The predicted molar refractivity (Wildman–Crippen MR) is 120 cm³/mol. The van der Waals surface area contributed by atoms with Gasteiger partial charge in [-0.05, 0) is 48.2 Å². The number of rotatable bonds is 4. The van der Waals surface area contributed by atoms with Crippen LogP contribution in [-0.4, -0.2) is 21.4 Å². The topological polar surface area (TPSA) is 61.2 Å². The molecule has 1 N–H and O–H groups in total. The Morgan fingerprint density at radius 3 is 2.77 bits per heavy atom. The number of nitrogens with zero attached hydrogens (tertiary/aromatic N) is 3. The fraction of sp³-hybridized carbons (Fsp3) is 0.167. The average molecular weight is 429 g/mol. The molecule has 0 radical (unpaired) electrons. The molecule has 0 fully saturated rings. The van der Waals surface area contributed by atoms with E-state index < -0.39 is 0 Å². The van der Waals surface area contributed by atoms with Crippen molar-refractivity contribution in [1.82, 2.24) is 14.8 Å². The number of aromatic nitrogens is 3. The van der Waals surface area contributed by atoms with Gasteiger partial charge in [-0.15, -0.1) is 11.3 Å². The number of hydrogen-bond acceptors (Lipinski definition) is 6. The number of ether oxygens (including phenoxy) is 2. The van der Waals surface area contributed by atoms with E-state index in [0.29, 0.717) is 6.61 Å². The van der Waals surface area contributed by atoms with Crippen LogP contribution in [0.15, 0.2) is 77.9 Å². The quantitative estimate of drug-likeness (QED) is 0.478. The summed E-state index contributed by atoms with van der Waals surface area (Å²) in [5, 5.41) is 10.2. The van der Waals surface area contributed by atoms with Crippen molar-refractivity contribution >= 4 is 23.0 Å². The van der Waals surface area contributed by atoms with Crippen LogP contribution in [0.3, 0.4) is 0 Å². The predicted octanol–water partition coefficient (Wildman–Crippen LogP) is 5.30. The van der Waals surface area contributed by atoms with Gasteiger partial charge in [0.2, 0.25) is 5.95 Å². The van der Waals surface area contributed by atoms with Crippen molar-refractivity contribution in [2.24, 2.45) is 0 Å². The number of hydrogen-bond donors (Lipinski definition) is 1. The van der Waals surface area contributed by atoms with Gasteiger partial charge in [0.15, 0.2) is 0 Å². The maximum absolute atomic E-state index is 6.61. The standard InChI is InChI=1S/C24H20N4O2S/c1-2-29-16-11-9-15(10-12-16)23-20-21(17-6-3-4-7-18(17)30-23)27-24-25-14-26-28(24)22(20)19-8-5-13-31-19/h3-14,22-23H,2H2,1H3,(H,25,26,27)/t22-,23+/m1/s1. The molecule has 6 nitrogen and oxygen atoms in total. The third-order valence-electron chi connectivity index (χ3n) is 5.63. The minimum Gasteiger partial charge on any atom is -0.494 e. The molecule has 4 aromatic rings. The molecule has 0 unspecified atom stereocenters. The van der Waals surface area contributed by atoms with E-state index in [0.717, 1.165) is 39.8 Å². The fourth-order valence-corrected chi connectivity index (χ4v) is 5.15. The summed E-state index contributed by atoms with van der Waals surface area (Å²) >= 11 is 1.71. The largest absolute Gasteiger partial charge is 0.494 e. The summed E-state index contributed by atoms with van der Waals surface area (Å²) < 4.78 is 14.2. The van der Waals surface area contributed by atoms with Crippen LogP contribution in [0.25, 0.3) is 5.70 Å². The molecule has 2 aromatic heterocycles. The molecule has 2 aliphatic heterocycles. The second kappa shape index (κ2) is 7.28. The smallest absolute Gasteiger partial charge is 0.226 e. The van der Waals surface area contributed by atoms with Crippen LogP contribution in [-0.2, 0) is 0 Å². The van der Waals surface area contributed by atoms with E-state index in [2.05, 4.69) is 51.1 Å². The van der Waals surface area contributed by atoms with Gasteiger partial charge in [-0.1, -0.05) is 30.3 Å². The number of anilines is 1. The van der Waals surface area contributed by atoms with Crippen LogP contribution in [0.2, 0.25) is 0 Å². The Morgan fingerprint density at radius 2 is 1.97 bits per heavy atom. The highest BCUT2D eigenvalue weighted by atomic mass is 32.1. The van der Waals surface area contributed by atoms with Crippen molar-refractivity contribution in [3.05, 3.63) is 93.9 Å². The zero-order valence-corrected chi connectivity index (χ0v) is 17.7. The average Bonchev–Trinajstić information content (AvgIpc) is 3.50. The lowest BCUT2D eigenvalue weighted by Crippen LogP contribution is -2.32. The van der Waals surface area contributed by atoms with Crippen LogP contribution in [0.5, 0.6) is 11.5 Å². The van der Waals surface area contributed by atoms with E-state index in [1.165, 1.54) is 4.88 Å². The normalized spacial score (nSPS) is 19.0. The number of thiophene rings is 1. The number of para-hydroxylation sites is 1. The minimum absolute atomic E-state index is 0.0984. The van der Waals surface area contributed by atoms with Gasteiger partial charge in [0, 0.05) is 16.0 Å². The van der Waals surface area contributed by atoms with E-state index in [9.17, 15) is 0 Å². The van der Waals surface area contributed by atoms with E-state index >= 15 is 0 Å². The molecule has 2 aromatic carbocycles. The zero-order chi connectivity index (χ0) is 20.8. The lowest BCUT2D eigenvalue weighted by Gasteiger charge is -2.38. The number of fused-ring (bicyclic) bond motifs is 3. The fourth-order valence-electron chi connectivity index (χ4n) is 4.32. The molecule has 0 saturated heterocycles. The first kappa shape index (κ1) is 18.2. The summed E-state index contributed by atoms with van der Waals surface area (Å²) in [6.07, 6.45) is 1.33. The van der Waals surface area contributed by atoms with Gasteiger partial charge in [0.25, 0.3) is 0 Å². The third-order valence-corrected chi connectivity index (χ3v) is 6.55. The molecule has 7 heteroatoms. The molecule has 154 valence electrons. The van der Waals surface area contributed by atoms with Gasteiger partial charge >= 0.3 is 0 Å². The Hall–Kier alpha value is -3.58. The molecule has 6 rings (SSSR count). The Bertz CT molecular complexity index is 1260. The molecule has 0 aliphatic carbocycles. The third kappa shape index (κ3) is 2.92. The van der Waals surface area contributed by atoms with Crippen molar-refractivity contribution in [3.63, 3.8) is 0 Å². The molecule has 0 bridgehead atoms. The molecular weight excluding hydrogens is 408 g/mol. The van der Waals surface area contributed by atoms with E-state index in [4.69, 9.17) is 9.47 Å². The second-order valence-electron chi connectivity index (χ2n) is 7.40. The van der Waals surface area contributed by atoms with Crippen LogP contribution >= 0.6 is 11.3 Å². The summed E-state index contributed by atoms with van der Waals surface area (Å²) in [7, 11) is 0. The molecule has 0 amide bonds. The van der Waals surface area contributed by atoms with Crippen molar-refractivity contribution in [2.45, 2.75) is 19.1 Å². The van der Waals surface area contributed by atoms with Gasteiger partial charge in [-0.3, -0.25) is 0 Å². The maximum Gasteiger partial charge on any atom is 0.226 e. The van der Waals surface area contributed by atoms with Gasteiger partial charge < -0.3 is 14.8 Å².